The zero-order valence-electron chi connectivity index (χ0n) is 10.3. The van der Waals surface area contributed by atoms with Gasteiger partial charge in [-0.3, -0.25) is 0 Å². The van der Waals surface area contributed by atoms with Gasteiger partial charge in [0.1, 0.15) is 17.2 Å². The largest absolute Gasteiger partial charge is 0.459 e. The highest BCUT2D eigenvalue weighted by Gasteiger charge is 2.28. The Morgan fingerprint density at radius 2 is 2.28 bits per heavy atom. The van der Waals surface area contributed by atoms with Crippen molar-refractivity contribution in [1.29, 1.82) is 0 Å². The molecule has 2 atom stereocenters. The molecule has 0 aliphatic carbocycles. The van der Waals surface area contributed by atoms with Gasteiger partial charge in [-0.25, -0.2) is 4.39 Å². The van der Waals surface area contributed by atoms with E-state index in [4.69, 9.17) is 9.15 Å². The Morgan fingerprint density at radius 3 is 3.00 bits per heavy atom. The van der Waals surface area contributed by atoms with Gasteiger partial charge in [0.2, 0.25) is 0 Å². The summed E-state index contributed by atoms with van der Waals surface area (Å²) < 4.78 is 24.4. The molecule has 0 bridgehead atoms. The van der Waals surface area contributed by atoms with Crippen LogP contribution in [0.3, 0.4) is 0 Å². The highest BCUT2D eigenvalue weighted by atomic mass is 19.1. The zero-order valence-corrected chi connectivity index (χ0v) is 10.3. The topological polar surface area (TPSA) is 34.4 Å². The minimum Gasteiger partial charge on any atom is -0.459 e. The van der Waals surface area contributed by atoms with E-state index in [9.17, 15) is 4.39 Å². The van der Waals surface area contributed by atoms with E-state index >= 15 is 0 Å². The molecule has 2 unspecified atom stereocenters. The lowest BCUT2D eigenvalue weighted by Gasteiger charge is -2.19. The van der Waals surface area contributed by atoms with Gasteiger partial charge in [-0.1, -0.05) is 0 Å². The molecule has 1 aromatic carbocycles. The SMILES string of the molecule is CNC(c1cc2cc(F)ccc2o1)C1CCOC1. The highest BCUT2D eigenvalue weighted by molar-refractivity contribution is 5.78. The normalized spacial score (nSPS) is 21.6. The molecule has 18 heavy (non-hydrogen) atoms. The summed E-state index contributed by atoms with van der Waals surface area (Å²) in [6.45, 7) is 1.55. The molecule has 1 N–H and O–H groups in total. The second-order valence-corrected chi connectivity index (χ2v) is 4.72. The summed E-state index contributed by atoms with van der Waals surface area (Å²) in [6, 6.07) is 6.63. The monoisotopic (exact) mass is 249 g/mol. The van der Waals surface area contributed by atoms with Crippen LogP contribution >= 0.6 is 0 Å². The van der Waals surface area contributed by atoms with Gasteiger partial charge in [0.25, 0.3) is 0 Å². The first-order valence-corrected chi connectivity index (χ1v) is 6.22. The van der Waals surface area contributed by atoms with E-state index in [0.29, 0.717) is 5.92 Å². The van der Waals surface area contributed by atoms with Crippen LogP contribution < -0.4 is 5.32 Å². The molecule has 3 rings (SSSR count). The first-order valence-electron chi connectivity index (χ1n) is 6.22. The van der Waals surface area contributed by atoms with Crippen LogP contribution in [0.2, 0.25) is 0 Å². The van der Waals surface area contributed by atoms with Gasteiger partial charge in [-0.05, 0) is 37.7 Å². The standard InChI is InChI=1S/C14H16FNO2/c1-16-14(9-4-5-17-8-9)13-7-10-6-11(15)2-3-12(10)18-13/h2-3,6-7,9,14,16H,4-5,8H2,1H3. The number of fused-ring (bicyclic) bond motifs is 1. The van der Waals surface area contributed by atoms with Gasteiger partial charge in [0.05, 0.1) is 12.6 Å². The lowest BCUT2D eigenvalue weighted by molar-refractivity contribution is 0.175. The highest BCUT2D eigenvalue weighted by Crippen LogP contribution is 2.32. The predicted molar refractivity (Wildman–Crippen MR) is 66.9 cm³/mol. The van der Waals surface area contributed by atoms with Crippen molar-refractivity contribution >= 4 is 11.0 Å². The van der Waals surface area contributed by atoms with Gasteiger partial charge >= 0.3 is 0 Å². The second-order valence-electron chi connectivity index (χ2n) is 4.72. The van der Waals surface area contributed by atoms with E-state index in [1.54, 1.807) is 6.07 Å². The molecule has 4 heteroatoms. The quantitative estimate of drug-likeness (QED) is 0.908. The van der Waals surface area contributed by atoms with Crippen molar-refractivity contribution in [3.63, 3.8) is 0 Å². The van der Waals surface area contributed by atoms with Gasteiger partial charge in [-0.15, -0.1) is 0 Å². The fourth-order valence-electron chi connectivity index (χ4n) is 2.61. The molecule has 1 aliphatic rings. The van der Waals surface area contributed by atoms with E-state index in [-0.39, 0.29) is 11.9 Å². The molecule has 0 saturated carbocycles. The Bertz CT molecular complexity index is 546. The Hall–Kier alpha value is -1.39. The van der Waals surface area contributed by atoms with E-state index < -0.39 is 0 Å². The smallest absolute Gasteiger partial charge is 0.134 e. The summed E-state index contributed by atoms with van der Waals surface area (Å²) >= 11 is 0. The van der Waals surface area contributed by atoms with Crippen molar-refractivity contribution in [2.24, 2.45) is 5.92 Å². The Kier molecular flexibility index (Phi) is 3.06. The summed E-state index contributed by atoms with van der Waals surface area (Å²) in [5, 5.41) is 4.08. The van der Waals surface area contributed by atoms with Crippen molar-refractivity contribution in [1.82, 2.24) is 5.32 Å². The van der Waals surface area contributed by atoms with E-state index in [1.165, 1.54) is 12.1 Å². The Labute approximate surface area is 105 Å². The lowest BCUT2D eigenvalue weighted by Crippen LogP contribution is -2.25. The molecule has 2 heterocycles. The lowest BCUT2D eigenvalue weighted by atomic mass is 9.97. The molecule has 0 amide bonds. The van der Waals surface area contributed by atoms with Crippen LogP contribution in [0.15, 0.2) is 28.7 Å². The van der Waals surface area contributed by atoms with Crippen molar-refractivity contribution in [3.05, 3.63) is 35.8 Å². The number of benzene rings is 1. The van der Waals surface area contributed by atoms with Crippen molar-refractivity contribution in [2.45, 2.75) is 12.5 Å². The fraction of sp³-hybridized carbons (Fsp3) is 0.429. The van der Waals surface area contributed by atoms with Crippen molar-refractivity contribution in [2.75, 3.05) is 20.3 Å². The molecule has 2 aromatic rings. The maximum Gasteiger partial charge on any atom is 0.134 e. The van der Waals surface area contributed by atoms with E-state index in [2.05, 4.69) is 5.32 Å². The summed E-state index contributed by atoms with van der Waals surface area (Å²) in [4.78, 5) is 0. The maximum atomic E-state index is 13.2. The average molecular weight is 249 g/mol. The zero-order chi connectivity index (χ0) is 12.5. The molecule has 1 aromatic heterocycles. The predicted octanol–water partition coefficient (Wildman–Crippen LogP) is 2.87. The third kappa shape index (κ3) is 2.02. The van der Waals surface area contributed by atoms with Crippen LogP contribution in [0.5, 0.6) is 0 Å². The molecule has 1 aliphatic heterocycles. The van der Waals surface area contributed by atoms with E-state index in [1.807, 2.05) is 13.1 Å². The van der Waals surface area contributed by atoms with Crippen LogP contribution in [0.4, 0.5) is 4.39 Å². The molecule has 1 fully saturated rings. The number of hydrogen-bond acceptors (Lipinski definition) is 3. The van der Waals surface area contributed by atoms with Crippen LogP contribution in [-0.2, 0) is 4.74 Å². The Balaban J connectivity index is 1.96. The van der Waals surface area contributed by atoms with Gasteiger partial charge in [0, 0.05) is 17.9 Å². The molecule has 96 valence electrons. The maximum absolute atomic E-state index is 13.2. The van der Waals surface area contributed by atoms with Crippen molar-refractivity contribution in [3.8, 4) is 0 Å². The molecule has 0 radical (unpaired) electrons. The summed E-state index contributed by atoms with van der Waals surface area (Å²) in [5.41, 5.74) is 0.727. The number of ether oxygens (including phenoxy) is 1. The molecular weight excluding hydrogens is 233 g/mol. The third-order valence-electron chi connectivity index (χ3n) is 3.55. The van der Waals surface area contributed by atoms with Crippen LogP contribution in [0, 0.1) is 11.7 Å². The van der Waals surface area contributed by atoms with Gasteiger partial charge < -0.3 is 14.5 Å². The number of rotatable bonds is 3. The third-order valence-corrected chi connectivity index (χ3v) is 3.55. The van der Waals surface area contributed by atoms with Crippen LogP contribution in [0.1, 0.15) is 18.2 Å². The number of halogens is 1. The van der Waals surface area contributed by atoms with Gasteiger partial charge in [0.15, 0.2) is 0 Å². The minimum absolute atomic E-state index is 0.128. The number of nitrogens with one attached hydrogen (secondary N) is 1. The summed E-state index contributed by atoms with van der Waals surface area (Å²) in [7, 11) is 1.91. The summed E-state index contributed by atoms with van der Waals surface area (Å²) in [5.74, 6) is 1.04. The van der Waals surface area contributed by atoms with Gasteiger partial charge in [-0.2, -0.15) is 0 Å². The molecule has 0 spiro atoms. The fourth-order valence-corrected chi connectivity index (χ4v) is 2.61. The van der Waals surface area contributed by atoms with Crippen molar-refractivity contribution < 1.29 is 13.5 Å². The van der Waals surface area contributed by atoms with Crippen LogP contribution in [0.25, 0.3) is 11.0 Å². The average Bonchev–Trinajstić information content (AvgIpc) is 2.98. The molecule has 3 nitrogen and oxygen atoms in total. The first kappa shape index (κ1) is 11.7. The second kappa shape index (κ2) is 4.71. The number of hydrogen-bond donors (Lipinski definition) is 1. The van der Waals surface area contributed by atoms with Crippen LogP contribution in [-0.4, -0.2) is 20.3 Å². The Morgan fingerprint density at radius 1 is 1.39 bits per heavy atom. The number of furan rings is 1. The molecular formula is C14H16FNO2. The summed E-state index contributed by atoms with van der Waals surface area (Å²) in [6.07, 6.45) is 1.02. The van der Waals surface area contributed by atoms with E-state index in [0.717, 1.165) is 36.4 Å². The first-order chi connectivity index (χ1) is 8.78. The minimum atomic E-state index is -0.236. The molecule has 1 saturated heterocycles.